The predicted octanol–water partition coefficient (Wildman–Crippen LogP) is -0.142. The highest BCUT2D eigenvalue weighted by Crippen LogP contribution is 2.07. The van der Waals surface area contributed by atoms with Crippen LogP contribution < -0.4 is 0 Å². The average Bonchev–Trinajstić information content (AvgIpc) is 2.34. The highest BCUT2D eigenvalue weighted by molar-refractivity contribution is 5.76. The molecule has 0 spiro atoms. The first-order valence-corrected chi connectivity index (χ1v) is 3.55. The third-order valence-corrected chi connectivity index (χ3v) is 1.53. The summed E-state index contributed by atoms with van der Waals surface area (Å²) in [7, 11) is 0. The van der Waals surface area contributed by atoms with Gasteiger partial charge in [-0.3, -0.25) is 4.68 Å². The van der Waals surface area contributed by atoms with Crippen LogP contribution >= 0.6 is 0 Å². The molecule has 13 heavy (non-hydrogen) atoms. The first kappa shape index (κ1) is 9.66. The van der Waals surface area contributed by atoms with E-state index in [1.807, 2.05) is 0 Å². The normalized spacial score (nSPS) is 15.3. The lowest BCUT2D eigenvalue weighted by Gasteiger charge is -2.16. The summed E-state index contributed by atoms with van der Waals surface area (Å²) in [6.07, 6.45) is 1.95. The van der Waals surface area contributed by atoms with E-state index in [9.17, 15) is 14.3 Å². The fourth-order valence-electron chi connectivity index (χ4n) is 0.808. The molecule has 0 aliphatic carbocycles. The summed E-state index contributed by atoms with van der Waals surface area (Å²) in [4.78, 5) is 10.4. The van der Waals surface area contributed by atoms with Gasteiger partial charge in [-0.15, -0.1) is 0 Å². The molecule has 0 aliphatic rings. The molecular weight excluding hydrogens is 179 g/mol. The number of nitrogens with zero attached hydrogens (tertiary/aromatic N) is 2. The molecule has 1 heterocycles. The molecule has 1 aromatic heterocycles. The molecule has 0 unspecified atom stereocenters. The number of carboxylic acids is 1. The van der Waals surface area contributed by atoms with Gasteiger partial charge in [0.2, 0.25) is 0 Å². The minimum absolute atomic E-state index is 0.285. The minimum Gasteiger partial charge on any atom is -0.479 e. The number of rotatable bonds is 3. The van der Waals surface area contributed by atoms with E-state index in [0.717, 1.165) is 24.0 Å². The molecule has 2 N–H and O–H groups in total. The Balaban J connectivity index is 2.74. The zero-order valence-corrected chi connectivity index (χ0v) is 6.94. The Kier molecular flexibility index (Phi) is 2.33. The highest BCUT2D eigenvalue weighted by Gasteiger charge is 2.30. The molecule has 0 aliphatic heterocycles. The summed E-state index contributed by atoms with van der Waals surface area (Å²) in [5.74, 6) is -1.94. The van der Waals surface area contributed by atoms with Crippen LogP contribution in [0.4, 0.5) is 4.39 Å². The zero-order chi connectivity index (χ0) is 10.1. The van der Waals surface area contributed by atoms with Crippen molar-refractivity contribution in [1.29, 1.82) is 0 Å². The smallest absolute Gasteiger partial charge is 0.337 e. The standard InChI is InChI=1S/C7H9FN2O3/c1-7(13,6(11)12)4-10-3-5(8)2-9-10/h2-3,13H,4H2,1H3,(H,11,12)/t7-/m0/s1. The monoisotopic (exact) mass is 188 g/mol. The zero-order valence-electron chi connectivity index (χ0n) is 6.94. The largest absolute Gasteiger partial charge is 0.479 e. The maximum absolute atomic E-state index is 12.4. The Morgan fingerprint density at radius 3 is 2.85 bits per heavy atom. The van der Waals surface area contributed by atoms with Gasteiger partial charge in [0.05, 0.1) is 18.9 Å². The van der Waals surface area contributed by atoms with Crippen LogP contribution in [0.3, 0.4) is 0 Å². The van der Waals surface area contributed by atoms with Gasteiger partial charge in [-0.05, 0) is 6.92 Å². The van der Waals surface area contributed by atoms with Crippen LogP contribution in [-0.4, -0.2) is 31.6 Å². The van der Waals surface area contributed by atoms with Gasteiger partial charge >= 0.3 is 5.97 Å². The molecule has 1 aromatic rings. The Bertz CT molecular complexity index is 321. The van der Waals surface area contributed by atoms with Crippen molar-refractivity contribution in [2.24, 2.45) is 0 Å². The van der Waals surface area contributed by atoms with E-state index in [-0.39, 0.29) is 6.54 Å². The lowest BCUT2D eigenvalue weighted by Crippen LogP contribution is -2.39. The number of aliphatic hydroxyl groups is 1. The van der Waals surface area contributed by atoms with Gasteiger partial charge in [-0.1, -0.05) is 0 Å². The third kappa shape index (κ3) is 2.25. The second-order valence-corrected chi connectivity index (χ2v) is 2.94. The molecule has 0 aromatic carbocycles. The van der Waals surface area contributed by atoms with Gasteiger partial charge in [0.1, 0.15) is 0 Å². The highest BCUT2D eigenvalue weighted by atomic mass is 19.1. The Morgan fingerprint density at radius 1 is 1.85 bits per heavy atom. The first-order valence-electron chi connectivity index (χ1n) is 3.55. The molecule has 1 rings (SSSR count). The quantitative estimate of drug-likeness (QED) is 0.692. The van der Waals surface area contributed by atoms with E-state index in [1.165, 1.54) is 0 Å². The maximum atomic E-state index is 12.4. The second kappa shape index (κ2) is 3.14. The van der Waals surface area contributed by atoms with Gasteiger partial charge in [0.15, 0.2) is 11.4 Å². The molecule has 0 saturated carbocycles. The SMILES string of the molecule is C[C@](O)(Cn1cc(F)cn1)C(=O)O. The molecule has 0 bridgehead atoms. The van der Waals surface area contributed by atoms with Crippen molar-refractivity contribution in [3.05, 3.63) is 18.2 Å². The molecule has 0 amide bonds. The fraction of sp³-hybridized carbons (Fsp3) is 0.429. The van der Waals surface area contributed by atoms with Crippen molar-refractivity contribution in [3.8, 4) is 0 Å². The second-order valence-electron chi connectivity index (χ2n) is 2.94. The lowest BCUT2D eigenvalue weighted by molar-refractivity contribution is -0.158. The minimum atomic E-state index is -1.93. The molecule has 1 atom stereocenters. The summed E-state index contributed by atoms with van der Waals surface area (Å²) >= 11 is 0. The van der Waals surface area contributed by atoms with E-state index in [4.69, 9.17) is 5.11 Å². The molecule has 6 heteroatoms. The van der Waals surface area contributed by atoms with Gasteiger partial charge < -0.3 is 10.2 Å². The third-order valence-electron chi connectivity index (χ3n) is 1.53. The first-order chi connectivity index (χ1) is 5.92. The van der Waals surface area contributed by atoms with Crippen LogP contribution in [0.2, 0.25) is 0 Å². The van der Waals surface area contributed by atoms with Gasteiger partial charge in [0.25, 0.3) is 0 Å². The summed E-state index contributed by atoms with van der Waals surface area (Å²) in [6.45, 7) is 0.834. The van der Waals surface area contributed by atoms with Crippen molar-refractivity contribution in [1.82, 2.24) is 9.78 Å². The van der Waals surface area contributed by atoms with E-state index in [0.29, 0.717) is 0 Å². The Hall–Kier alpha value is -1.43. The number of halogens is 1. The van der Waals surface area contributed by atoms with E-state index >= 15 is 0 Å². The molecule has 0 radical (unpaired) electrons. The van der Waals surface area contributed by atoms with E-state index in [1.54, 1.807) is 0 Å². The van der Waals surface area contributed by atoms with Gasteiger partial charge in [0, 0.05) is 0 Å². The number of carboxylic acid groups (broad SMARTS) is 1. The number of hydrogen-bond donors (Lipinski definition) is 2. The van der Waals surface area contributed by atoms with Crippen LogP contribution in [0.1, 0.15) is 6.92 Å². The Morgan fingerprint density at radius 2 is 2.46 bits per heavy atom. The van der Waals surface area contributed by atoms with Crippen LogP contribution in [0.5, 0.6) is 0 Å². The summed E-state index contributed by atoms with van der Waals surface area (Å²) in [5, 5.41) is 21.3. The van der Waals surface area contributed by atoms with Crippen molar-refractivity contribution in [2.45, 2.75) is 19.1 Å². The Labute approximate surface area is 73.4 Å². The molecule has 0 fully saturated rings. The van der Waals surface area contributed by atoms with Crippen molar-refractivity contribution >= 4 is 5.97 Å². The topological polar surface area (TPSA) is 75.3 Å². The van der Waals surface area contributed by atoms with Crippen molar-refractivity contribution in [3.63, 3.8) is 0 Å². The van der Waals surface area contributed by atoms with Crippen LogP contribution in [-0.2, 0) is 11.3 Å². The fourth-order valence-corrected chi connectivity index (χ4v) is 0.808. The van der Waals surface area contributed by atoms with Gasteiger partial charge in [-0.25, -0.2) is 9.18 Å². The number of hydrogen-bond acceptors (Lipinski definition) is 3. The molecule has 0 saturated heterocycles. The molecular formula is C7H9FN2O3. The van der Waals surface area contributed by atoms with Crippen LogP contribution in [0.15, 0.2) is 12.4 Å². The predicted molar refractivity (Wildman–Crippen MR) is 40.4 cm³/mol. The van der Waals surface area contributed by atoms with E-state index < -0.39 is 17.4 Å². The van der Waals surface area contributed by atoms with Crippen molar-refractivity contribution < 1.29 is 19.4 Å². The average molecular weight is 188 g/mol. The van der Waals surface area contributed by atoms with Crippen LogP contribution in [0, 0.1) is 5.82 Å². The maximum Gasteiger partial charge on any atom is 0.337 e. The summed E-state index contributed by atoms with van der Waals surface area (Å²) in [6, 6.07) is 0. The molecule has 72 valence electrons. The summed E-state index contributed by atoms with van der Waals surface area (Å²) < 4.78 is 13.4. The van der Waals surface area contributed by atoms with E-state index in [2.05, 4.69) is 5.10 Å². The van der Waals surface area contributed by atoms with Gasteiger partial charge in [-0.2, -0.15) is 5.10 Å². The summed E-state index contributed by atoms with van der Waals surface area (Å²) in [5.41, 5.74) is -1.93. The molecule has 5 nitrogen and oxygen atoms in total. The number of aliphatic carboxylic acids is 1. The number of aromatic nitrogens is 2. The van der Waals surface area contributed by atoms with Crippen LogP contribution in [0.25, 0.3) is 0 Å². The lowest BCUT2D eigenvalue weighted by atomic mass is 10.1. The van der Waals surface area contributed by atoms with Crippen molar-refractivity contribution in [2.75, 3.05) is 0 Å². The number of carbonyl (C=O) groups is 1.